The van der Waals surface area contributed by atoms with Crippen molar-refractivity contribution in [2.24, 2.45) is 0 Å². The van der Waals surface area contributed by atoms with Crippen molar-refractivity contribution in [2.45, 2.75) is 0 Å². The van der Waals surface area contributed by atoms with Gasteiger partial charge in [0.1, 0.15) is 11.5 Å². The predicted molar refractivity (Wildman–Crippen MR) is 66.2 cm³/mol. The molecule has 3 N–H and O–H groups in total. The molecule has 7 nitrogen and oxygen atoms in total. The molecule has 0 aliphatic rings. The fourth-order valence-corrected chi connectivity index (χ4v) is 1.40. The first-order valence-electron chi connectivity index (χ1n) is 5.36. The van der Waals surface area contributed by atoms with Crippen LogP contribution in [-0.4, -0.2) is 27.0 Å². The highest BCUT2D eigenvalue weighted by Gasteiger charge is 2.12. The molecule has 2 aromatic rings. The first-order chi connectivity index (χ1) is 9.47. The fraction of sp³-hybridized carbons (Fsp3) is 0. The molecule has 0 fully saturated rings. The van der Waals surface area contributed by atoms with E-state index in [-0.39, 0.29) is 16.9 Å². The molecule has 0 radical (unpaired) electrons. The van der Waals surface area contributed by atoms with Crippen LogP contribution in [0.2, 0.25) is 0 Å². The van der Waals surface area contributed by atoms with Gasteiger partial charge in [0.05, 0.1) is 17.4 Å². The number of nitrogens with zero attached hydrogens (tertiary/aromatic N) is 1. The van der Waals surface area contributed by atoms with E-state index >= 15 is 0 Å². The summed E-state index contributed by atoms with van der Waals surface area (Å²) in [6.07, 6.45) is 2.00. The Labute approximate surface area is 111 Å². The van der Waals surface area contributed by atoms with E-state index in [0.29, 0.717) is 0 Å². The van der Waals surface area contributed by atoms with E-state index in [1.165, 1.54) is 0 Å². The Hall–Kier alpha value is -3.03. The van der Waals surface area contributed by atoms with E-state index in [1.807, 2.05) is 0 Å². The first-order valence-corrected chi connectivity index (χ1v) is 5.36. The zero-order valence-corrected chi connectivity index (χ0v) is 9.88. The predicted octanol–water partition coefficient (Wildman–Crippen LogP) is 0.859. The summed E-state index contributed by atoms with van der Waals surface area (Å²) in [6, 6.07) is 3.07. The number of carboxylic acid groups (broad SMARTS) is 1. The van der Waals surface area contributed by atoms with Gasteiger partial charge in [0, 0.05) is 6.20 Å². The third kappa shape index (κ3) is 2.86. The van der Waals surface area contributed by atoms with Gasteiger partial charge in [-0.05, 0) is 18.2 Å². The van der Waals surface area contributed by atoms with Gasteiger partial charge in [-0.3, -0.25) is 9.59 Å². The molecule has 0 aliphatic heterocycles. The minimum Gasteiger partial charge on any atom is -0.478 e. The summed E-state index contributed by atoms with van der Waals surface area (Å²) in [4.78, 5) is 39.0. The number of benzene rings is 1. The number of nitrogens with one attached hydrogen (secondary N) is 2. The van der Waals surface area contributed by atoms with E-state index in [2.05, 4.69) is 15.3 Å². The van der Waals surface area contributed by atoms with Gasteiger partial charge in [0.2, 0.25) is 0 Å². The van der Waals surface area contributed by atoms with Crippen LogP contribution >= 0.6 is 0 Å². The molecule has 8 heteroatoms. The van der Waals surface area contributed by atoms with E-state index in [9.17, 15) is 18.8 Å². The SMILES string of the molecule is O=C(O)c1ccc(NC(=O)c2c[nH]c(=O)cn2)c(F)c1. The van der Waals surface area contributed by atoms with E-state index in [1.54, 1.807) is 0 Å². The van der Waals surface area contributed by atoms with Gasteiger partial charge in [0.15, 0.2) is 0 Å². The van der Waals surface area contributed by atoms with Crippen LogP contribution < -0.4 is 10.9 Å². The summed E-state index contributed by atoms with van der Waals surface area (Å²) in [6.45, 7) is 0. The number of aromatic amines is 1. The molecule has 0 atom stereocenters. The molecule has 1 heterocycles. The maximum absolute atomic E-state index is 13.6. The van der Waals surface area contributed by atoms with Crippen LogP contribution in [0.15, 0.2) is 35.4 Å². The monoisotopic (exact) mass is 277 g/mol. The van der Waals surface area contributed by atoms with Gasteiger partial charge in [-0.1, -0.05) is 0 Å². The van der Waals surface area contributed by atoms with Crippen LogP contribution in [0.25, 0.3) is 0 Å². The Kier molecular flexibility index (Phi) is 3.56. The van der Waals surface area contributed by atoms with Crippen molar-refractivity contribution in [1.82, 2.24) is 9.97 Å². The lowest BCUT2D eigenvalue weighted by Crippen LogP contribution is -2.17. The highest BCUT2D eigenvalue weighted by atomic mass is 19.1. The van der Waals surface area contributed by atoms with Crippen molar-refractivity contribution in [3.8, 4) is 0 Å². The molecule has 1 amide bonds. The number of anilines is 1. The smallest absolute Gasteiger partial charge is 0.335 e. The molecule has 0 spiro atoms. The Morgan fingerprint density at radius 3 is 2.65 bits per heavy atom. The lowest BCUT2D eigenvalue weighted by Gasteiger charge is -2.06. The number of H-pyrrole nitrogens is 1. The summed E-state index contributed by atoms with van der Waals surface area (Å²) in [7, 11) is 0. The molecule has 0 unspecified atom stereocenters. The van der Waals surface area contributed by atoms with Gasteiger partial charge in [-0.2, -0.15) is 0 Å². The summed E-state index contributed by atoms with van der Waals surface area (Å²) < 4.78 is 13.6. The van der Waals surface area contributed by atoms with Crippen LogP contribution in [0.5, 0.6) is 0 Å². The summed E-state index contributed by atoms with van der Waals surface area (Å²) >= 11 is 0. The van der Waals surface area contributed by atoms with E-state index in [0.717, 1.165) is 30.6 Å². The Morgan fingerprint density at radius 1 is 1.35 bits per heavy atom. The highest BCUT2D eigenvalue weighted by molar-refractivity contribution is 6.02. The first kappa shape index (κ1) is 13.4. The summed E-state index contributed by atoms with van der Waals surface area (Å²) in [5.74, 6) is -2.89. The number of aromatic carboxylic acids is 1. The van der Waals surface area contributed by atoms with Crippen LogP contribution in [0.4, 0.5) is 10.1 Å². The molecular weight excluding hydrogens is 269 g/mol. The number of hydrogen-bond donors (Lipinski definition) is 3. The van der Waals surface area contributed by atoms with Gasteiger partial charge in [-0.25, -0.2) is 14.2 Å². The molecule has 20 heavy (non-hydrogen) atoms. The number of carbonyl (C=O) groups is 2. The van der Waals surface area contributed by atoms with Crippen molar-refractivity contribution in [2.75, 3.05) is 5.32 Å². The average Bonchev–Trinajstić information content (AvgIpc) is 2.41. The number of rotatable bonds is 3. The van der Waals surface area contributed by atoms with E-state index in [4.69, 9.17) is 5.11 Å². The second-order valence-corrected chi connectivity index (χ2v) is 3.75. The van der Waals surface area contributed by atoms with Gasteiger partial charge < -0.3 is 15.4 Å². The zero-order chi connectivity index (χ0) is 14.7. The Balaban J connectivity index is 2.21. The van der Waals surface area contributed by atoms with Crippen molar-refractivity contribution in [1.29, 1.82) is 0 Å². The lowest BCUT2D eigenvalue weighted by molar-refractivity contribution is 0.0696. The second-order valence-electron chi connectivity index (χ2n) is 3.75. The number of halogens is 1. The molecule has 0 saturated heterocycles. The van der Waals surface area contributed by atoms with Gasteiger partial charge in [-0.15, -0.1) is 0 Å². The number of hydrogen-bond acceptors (Lipinski definition) is 4. The quantitative estimate of drug-likeness (QED) is 0.770. The molecule has 102 valence electrons. The van der Waals surface area contributed by atoms with Crippen molar-refractivity contribution in [3.63, 3.8) is 0 Å². The minimum atomic E-state index is -1.27. The van der Waals surface area contributed by atoms with Crippen LogP contribution in [-0.2, 0) is 0 Å². The Bertz CT molecular complexity index is 721. The summed E-state index contributed by atoms with van der Waals surface area (Å²) in [5.41, 5.74) is -1.000. The van der Waals surface area contributed by atoms with Crippen molar-refractivity contribution in [3.05, 3.63) is 58.0 Å². The molecule has 1 aromatic heterocycles. The maximum atomic E-state index is 13.6. The summed E-state index contributed by atoms with van der Waals surface area (Å²) in [5, 5.41) is 10.9. The molecule has 1 aromatic carbocycles. The minimum absolute atomic E-state index is 0.105. The zero-order valence-electron chi connectivity index (χ0n) is 9.88. The van der Waals surface area contributed by atoms with Crippen LogP contribution in [0.3, 0.4) is 0 Å². The van der Waals surface area contributed by atoms with Crippen LogP contribution in [0.1, 0.15) is 20.8 Å². The lowest BCUT2D eigenvalue weighted by atomic mass is 10.2. The molecule has 0 bridgehead atoms. The van der Waals surface area contributed by atoms with Gasteiger partial charge >= 0.3 is 5.97 Å². The topological polar surface area (TPSA) is 112 Å². The number of aromatic nitrogens is 2. The molecule has 2 rings (SSSR count). The average molecular weight is 277 g/mol. The normalized spacial score (nSPS) is 10.1. The van der Waals surface area contributed by atoms with Crippen molar-refractivity contribution < 1.29 is 19.1 Å². The molecule has 0 aliphatic carbocycles. The maximum Gasteiger partial charge on any atom is 0.335 e. The standard InChI is InChI=1S/C12H8FN3O4/c13-7-3-6(12(19)20)1-2-8(7)16-11(18)9-4-15-10(17)5-14-9/h1-5H,(H,15,17)(H,16,18)(H,19,20). The fourth-order valence-electron chi connectivity index (χ4n) is 1.40. The van der Waals surface area contributed by atoms with E-state index < -0.39 is 23.3 Å². The highest BCUT2D eigenvalue weighted by Crippen LogP contribution is 2.16. The van der Waals surface area contributed by atoms with Crippen LogP contribution in [0, 0.1) is 5.82 Å². The Morgan fingerprint density at radius 2 is 2.10 bits per heavy atom. The third-order valence-electron chi connectivity index (χ3n) is 2.37. The number of carboxylic acids is 1. The van der Waals surface area contributed by atoms with Gasteiger partial charge in [0.25, 0.3) is 11.5 Å². The number of carbonyl (C=O) groups excluding carboxylic acids is 1. The van der Waals surface area contributed by atoms with Crippen molar-refractivity contribution >= 4 is 17.6 Å². The third-order valence-corrected chi connectivity index (χ3v) is 2.37. The number of amides is 1. The largest absolute Gasteiger partial charge is 0.478 e. The molecular formula is C12H8FN3O4. The second kappa shape index (κ2) is 5.31. The molecule has 0 saturated carbocycles.